The highest BCUT2D eigenvalue weighted by atomic mass is 35.5. The average Bonchev–Trinajstić information content (AvgIpc) is 2.87. The number of benzene rings is 1. The van der Waals surface area contributed by atoms with E-state index < -0.39 is 10.0 Å². The van der Waals surface area contributed by atoms with E-state index in [1.165, 1.54) is 4.31 Å². The van der Waals surface area contributed by atoms with E-state index in [2.05, 4.69) is 5.32 Å². The van der Waals surface area contributed by atoms with Gasteiger partial charge >= 0.3 is 0 Å². The van der Waals surface area contributed by atoms with E-state index >= 15 is 0 Å². The molecule has 1 aromatic carbocycles. The van der Waals surface area contributed by atoms with E-state index in [1.807, 2.05) is 13.8 Å². The summed E-state index contributed by atoms with van der Waals surface area (Å²) >= 11 is 12.1. The highest BCUT2D eigenvalue weighted by molar-refractivity contribution is 7.89. The maximum absolute atomic E-state index is 12.9. The number of nitrogens with zero attached hydrogens (tertiary/aromatic N) is 1. The van der Waals surface area contributed by atoms with Crippen molar-refractivity contribution in [1.82, 2.24) is 9.62 Å². The Morgan fingerprint density at radius 2 is 1.95 bits per heavy atom. The van der Waals surface area contributed by atoms with E-state index in [0.29, 0.717) is 6.54 Å². The number of nitrogens with one attached hydrogen (secondary N) is 1. The molecule has 1 heterocycles. The van der Waals surface area contributed by atoms with Crippen LogP contribution in [0.2, 0.25) is 10.0 Å². The Labute approximate surface area is 136 Å². The van der Waals surface area contributed by atoms with Crippen LogP contribution in [0.3, 0.4) is 0 Å². The van der Waals surface area contributed by atoms with E-state index in [0.717, 1.165) is 19.4 Å². The predicted octanol–water partition coefficient (Wildman–Crippen LogP) is 3.14. The molecule has 118 valence electrons. The minimum absolute atomic E-state index is 0.0000280. The fourth-order valence-electron chi connectivity index (χ4n) is 2.56. The molecule has 1 fully saturated rings. The molecular formula is C14H20Cl2N2O2S. The summed E-state index contributed by atoms with van der Waals surface area (Å²) in [5.41, 5.74) is 0. The molecule has 1 aliphatic heterocycles. The van der Waals surface area contributed by atoms with Gasteiger partial charge in [0.2, 0.25) is 10.0 Å². The molecule has 0 amide bonds. The first-order valence-electron chi connectivity index (χ1n) is 7.03. The second-order valence-corrected chi connectivity index (χ2v) is 8.15. The largest absolute Gasteiger partial charge is 0.313 e. The van der Waals surface area contributed by atoms with E-state index in [4.69, 9.17) is 23.2 Å². The molecule has 0 saturated carbocycles. The van der Waals surface area contributed by atoms with Gasteiger partial charge in [0.15, 0.2) is 0 Å². The summed E-state index contributed by atoms with van der Waals surface area (Å²) in [4.78, 5) is 0.0000280. The van der Waals surface area contributed by atoms with E-state index in [9.17, 15) is 8.42 Å². The van der Waals surface area contributed by atoms with Crippen molar-refractivity contribution in [2.24, 2.45) is 0 Å². The molecule has 2 rings (SSSR count). The van der Waals surface area contributed by atoms with Gasteiger partial charge in [0.25, 0.3) is 0 Å². The Morgan fingerprint density at radius 3 is 2.43 bits per heavy atom. The van der Waals surface area contributed by atoms with Gasteiger partial charge in [-0.15, -0.1) is 0 Å². The van der Waals surface area contributed by atoms with Crippen LogP contribution in [0.1, 0.15) is 26.7 Å². The lowest BCUT2D eigenvalue weighted by Crippen LogP contribution is -2.44. The molecule has 1 N–H and O–H groups in total. The third-order valence-electron chi connectivity index (χ3n) is 3.62. The van der Waals surface area contributed by atoms with Crippen LogP contribution in [0.15, 0.2) is 23.1 Å². The van der Waals surface area contributed by atoms with Crippen molar-refractivity contribution in [2.75, 3.05) is 13.1 Å². The first-order chi connectivity index (χ1) is 9.84. The SMILES string of the molecule is CC(C)N(CC1CCCN1)S(=O)(=O)c1c(Cl)cccc1Cl. The summed E-state index contributed by atoms with van der Waals surface area (Å²) in [7, 11) is -3.72. The topological polar surface area (TPSA) is 49.4 Å². The maximum atomic E-state index is 12.9. The maximum Gasteiger partial charge on any atom is 0.246 e. The normalized spacial score (nSPS) is 19.6. The van der Waals surface area contributed by atoms with Crippen molar-refractivity contribution in [3.8, 4) is 0 Å². The lowest BCUT2D eigenvalue weighted by molar-refractivity contribution is 0.322. The molecular weight excluding hydrogens is 331 g/mol. The van der Waals surface area contributed by atoms with Gasteiger partial charge in [-0.25, -0.2) is 8.42 Å². The molecule has 0 spiro atoms. The van der Waals surface area contributed by atoms with Gasteiger partial charge in [0.05, 0.1) is 10.0 Å². The summed E-state index contributed by atoms with van der Waals surface area (Å²) < 4.78 is 27.3. The summed E-state index contributed by atoms with van der Waals surface area (Å²) in [5.74, 6) is 0. The van der Waals surface area contributed by atoms with Crippen molar-refractivity contribution in [3.63, 3.8) is 0 Å². The van der Waals surface area contributed by atoms with E-state index in [1.54, 1.807) is 18.2 Å². The van der Waals surface area contributed by atoms with Crippen molar-refractivity contribution in [1.29, 1.82) is 0 Å². The molecule has 7 heteroatoms. The fourth-order valence-corrected chi connectivity index (χ4v) is 5.34. The monoisotopic (exact) mass is 350 g/mol. The van der Waals surface area contributed by atoms with Crippen molar-refractivity contribution in [3.05, 3.63) is 28.2 Å². The minimum Gasteiger partial charge on any atom is -0.313 e. The molecule has 4 nitrogen and oxygen atoms in total. The zero-order chi connectivity index (χ0) is 15.6. The highest BCUT2D eigenvalue weighted by Crippen LogP contribution is 2.32. The van der Waals surface area contributed by atoms with E-state index in [-0.39, 0.29) is 27.0 Å². The number of sulfonamides is 1. The quantitative estimate of drug-likeness (QED) is 0.887. The first kappa shape index (κ1) is 17.0. The van der Waals surface area contributed by atoms with Crippen LogP contribution in [0.25, 0.3) is 0 Å². The van der Waals surface area contributed by atoms with Gasteiger partial charge in [-0.2, -0.15) is 4.31 Å². The summed E-state index contributed by atoms with van der Waals surface area (Å²) in [6.45, 7) is 5.08. The van der Waals surface area contributed by atoms with Crippen LogP contribution in [-0.2, 0) is 10.0 Å². The van der Waals surface area contributed by atoms with Crippen molar-refractivity contribution < 1.29 is 8.42 Å². The third kappa shape index (κ3) is 3.71. The number of rotatable bonds is 5. The molecule has 1 saturated heterocycles. The molecule has 21 heavy (non-hydrogen) atoms. The van der Waals surface area contributed by atoms with Crippen molar-refractivity contribution in [2.45, 2.75) is 43.7 Å². The van der Waals surface area contributed by atoms with Gasteiger partial charge in [0.1, 0.15) is 4.90 Å². The molecule has 0 aromatic heterocycles. The van der Waals surface area contributed by atoms with Crippen LogP contribution in [0, 0.1) is 0 Å². The van der Waals surface area contributed by atoms with Crippen LogP contribution in [0.4, 0.5) is 0 Å². The highest BCUT2D eigenvalue weighted by Gasteiger charge is 2.33. The van der Waals surface area contributed by atoms with Gasteiger partial charge in [0, 0.05) is 18.6 Å². The Bertz CT molecular complexity index is 579. The minimum atomic E-state index is -3.72. The van der Waals surface area contributed by atoms with Crippen LogP contribution in [0.5, 0.6) is 0 Å². The van der Waals surface area contributed by atoms with Crippen LogP contribution < -0.4 is 5.32 Å². The molecule has 0 aliphatic carbocycles. The van der Waals surface area contributed by atoms with Gasteiger partial charge < -0.3 is 5.32 Å². The fraction of sp³-hybridized carbons (Fsp3) is 0.571. The zero-order valence-electron chi connectivity index (χ0n) is 12.1. The number of hydrogen-bond acceptors (Lipinski definition) is 3. The molecule has 1 unspecified atom stereocenters. The zero-order valence-corrected chi connectivity index (χ0v) is 14.5. The molecule has 1 aliphatic rings. The average molecular weight is 351 g/mol. The van der Waals surface area contributed by atoms with Gasteiger partial charge in [-0.1, -0.05) is 29.3 Å². The van der Waals surface area contributed by atoms with Crippen LogP contribution in [-0.4, -0.2) is 37.9 Å². The third-order valence-corrected chi connectivity index (χ3v) is 6.62. The molecule has 0 bridgehead atoms. The summed E-state index contributed by atoms with van der Waals surface area (Å²) in [5, 5.41) is 3.64. The van der Waals surface area contributed by atoms with Crippen molar-refractivity contribution >= 4 is 33.2 Å². The Morgan fingerprint density at radius 1 is 1.33 bits per heavy atom. The Hall–Kier alpha value is -0.330. The molecule has 0 radical (unpaired) electrons. The first-order valence-corrected chi connectivity index (χ1v) is 9.23. The second kappa shape index (κ2) is 6.84. The Balaban J connectivity index is 2.37. The number of hydrogen-bond donors (Lipinski definition) is 1. The van der Waals surface area contributed by atoms with Gasteiger partial charge in [-0.05, 0) is 45.4 Å². The standard InChI is InChI=1S/C14H20Cl2N2O2S/c1-10(2)18(9-11-5-4-8-17-11)21(19,20)14-12(15)6-3-7-13(14)16/h3,6-7,10-11,17H,4-5,8-9H2,1-2H3. The summed E-state index contributed by atoms with van der Waals surface area (Å²) in [6.07, 6.45) is 2.05. The number of halogens is 2. The molecule has 1 aromatic rings. The van der Waals surface area contributed by atoms with Gasteiger partial charge in [-0.3, -0.25) is 0 Å². The summed E-state index contributed by atoms with van der Waals surface area (Å²) in [6, 6.07) is 4.76. The second-order valence-electron chi connectivity index (χ2n) is 5.51. The smallest absolute Gasteiger partial charge is 0.246 e. The predicted molar refractivity (Wildman–Crippen MR) is 86.5 cm³/mol. The lowest BCUT2D eigenvalue weighted by atomic mass is 10.2. The lowest BCUT2D eigenvalue weighted by Gasteiger charge is -2.29. The van der Waals surface area contributed by atoms with Crippen LogP contribution >= 0.6 is 23.2 Å². The Kier molecular flexibility index (Phi) is 5.54. The molecule has 1 atom stereocenters.